The van der Waals surface area contributed by atoms with Crippen LogP contribution in [0.25, 0.3) is 11.0 Å². The molecule has 1 aliphatic rings. The van der Waals surface area contributed by atoms with Crippen molar-refractivity contribution in [3.8, 4) is 0 Å². The van der Waals surface area contributed by atoms with Crippen molar-refractivity contribution in [3.05, 3.63) is 58.4 Å². The smallest absolute Gasteiger partial charge is 0.252 e. The molecule has 0 spiro atoms. The van der Waals surface area contributed by atoms with E-state index in [9.17, 15) is 4.79 Å². The molecule has 0 aliphatic heterocycles. The van der Waals surface area contributed by atoms with E-state index < -0.39 is 0 Å². The first-order chi connectivity index (χ1) is 12.4. The van der Waals surface area contributed by atoms with Gasteiger partial charge in [0.2, 0.25) is 0 Å². The molecule has 26 heavy (non-hydrogen) atoms. The van der Waals surface area contributed by atoms with E-state index >= 15 is 0 Å². The molecule has 2 heterocycles. The molecule has 134 valence electrons. The Morgan fingerprint density at radius 1 is 1.23 bits per heavy atom. The van der Waals surface area contributed by atoms with Gasteiger partial charge in [0, 0.05) is 18.7 Å². The van der Waals surface area contributed by atoms with Gasteiger partial charge in [-0.15, -0.1) is 0 Å². The van der Waals surface area contributed by atoms with Crippen molar-refractivity contribution in [1.29, 1.82) is 0 Å². The molecule has 1 N–H and O–H groups in total. The van der Waals surface area contributed by atoms with Crippen LogP contribution >= 0.6 is 0 Å². The summed E-state index contributed by atoms with van der Waals surface area (Å²) in [4.78, 5) is 17.9. The van der Waals surface area contributed by atoms with Gasteiger partial charge in [0.25, 0.3) is 5.91 Å². The first-order valence-corrected chi connectivity index (χ1v) is 9.15. The quantitative estimate of drug-likeness (QED) is 0.776. The van der Waals surface area contributed by atoms with Gasteiger partial charge in [-0.2, -0.15) is 5.10 Å². The zero-order valence-electron chi connectivity index (χ0n) is 15.7. The molecule has 0 saturated heterocycles. The van der Waals surface area contributed by atoms with E-state index in [0.717, 1.165) is 40.8 Å². The number of hydrogen-bond acceptors (Lipinski definition) is 3. The summed E-state index contributed by atoms with van der Waals surface area (Å²) in [5.41, 5.74) is 5.63. The van der Waals surface area contributed by atoms with Gasteiger partial charge < -0.3 is 5.32 Å². The maximum Gasteiger partial charge on any atom is 0.252 e. The minimum atomic E-state index is -0.0662. The van der Waals surface area contributed by atoms with Crippen LogP contribution in [0.1, 0.15) is 64.6 Å². The normalized spacial score (nSPS) is 15.2. The summed E-state index contributed by atoms with van der Waals surface area (Å²) in [5, 5.41) is 8.47. The monoisotopic (exact) mass is 348 g/mol. The highest BCUT2D eigenvalue weighted by atomic mass is 16.1. The standard InChI is InChI=1S/C21H24N4O/c1-12-5-7-15(8-6-12)13(2)22-21(26)17-11-18(16-9-10-16)23-20-19(17)14(3)24-25(20)4/h5-8,11,13,16H,9-10H2,1-4H3,(H,22,26). The molecule has 1 aromatic carbocycles. The molecule has 4 rings (SSSR count). The second kappa shape index (κ2) is 6.24. The topological polar surface area (TPSA) is 59.8 Å². The van der Waals surface area contributed by atoms with E-state index in [2.05, 4.69) is 41.6 Å². The Morgan fingerprint density at radius 2 is 1.92 bits per heavy atom. The number of aromatic nitrogens is 3. The summed E-state index contributed by atoms with van der Waals surface area (Å²) in [5.74, 6) is 0.416. The zero-order valence-corrected chi connectivity index (χ0v) is 15.7. The van der Waals surface area contributed by atoms with Gasteiger partial charge in [-0.3, -0.25) is 9.48 Å². The van der Waals surface area contributed by atoms with Gasteiger partial charge in [-0.25, -0.2) is 4.98 Å². The average Bonchev–Trinajstić information content (AvgIpc) is 3.42. The summed E-state index contributed by atoms with van der Waals surface area (Å²) in [6.45, 7) is 6.01. The molecule has 2 aromatic heterocycles. The SMILES string of the molecule is Cc1ccc(C(C)NC(=O)c2cc(C3CC3)nc3c2c(C)nn3C)cc1. The van der Waals surface area contributed by atoms with Gasteiger partial charge >= 0.3 is 0 Å². The van der Waals surface area contributed by atoms with Crippen molar-refractivity contribution in [2.24, 2.45) is 7.05 Å². The van der Waals surface area contributed by atoms with Crippen LogP contribution in [0.2, 0.25) is 0 Å². The minimum Gasteiger partial charge on any atom is -0.345 e. The number of nitrogens with one attached hydrogen (secondary N) is 1. The highest BCUT2D eigenvalue weighted by Crippen LogP contribution is 2.40. The van der Waals surface area contributed by atoms with Crippen LogP contribution in [-0.2, 0) is 7.05 Å². The number of amides is 1. The molecule has 1 amide bonds. The number of hydrogen-bond donors (Lipinski definition) is 1. The Hall–Kier alpha value is -2.69. The Bertz CT molecular complexity index is 983. The summed E-state index contributed by atoms with van der Waals surface area (Å²) in [6, 6.07) is 10.2. The fourth-order valence-electron chi connectivity index (χ4n) is 3.44. The van der Waals surface area contributed by atoms with Crippen LogP contribution in [-0.4, -0.2) is 20.7 Å². The molecule has 0 radical (unpaired) electrons. The first kappa shape index (κ1) is 16.8. The number of fused-ring (bicyclic) bond motifs is 1. The second-order valence-electron chi connectivity index (χ2n) is 7.38. The Labute approximate surface area is 153 Å². The molecule has 5 nitrogen and oxygen atoms in total. The number of aryl methyl sites for hydroxylation is 3. The predicted octanol–water partition coefficient (Wildman–Crippen LogP) is 3.95. The number of carbonyl (C=O) groups excluding carboxylic acids is 1. The van der Waals surface area contributed by atoms with Crippen LogP contribution in [0, 0.1) is 13.8 Å². The minimum absolute atomic E-state index is 0.0623. The van der Waals surface area contributed by atoms with E-state index in [4.69, 9.17) is 4.98 Å². The van der Waals surface area contributed by atoms with E-state index in [1.54, 1.807) is 4.68 Å². The van der Waals surface area contributed by atoms with Crippen molar-refractivity contribution in [2.45, 2.75) is 45.6 Å². The molecule has 0 bridgehead atoms. The van der Waals surface area contributed by atoms with Crippen LogP contribution in [0.4, 0.5) is 0 Å². The second-order valence-corrected chi connectivity index (χ2v) is 7.38. The lowest BCUT2D eigenvalue weighted by molar-refractivity contribution is 0.0941. The van der Waals surface area contributed by atoms with Gasteiger partial charge in [-0.1, -0.05) is 29.8 Å². The number of rotatable bonds is 4. The van der Waals surface area contributed by atoms with Gasteiger partial charge in [0.1, 0.15) is 0 Å². The highest BCUT2D eigenvalue weighted by Gasteiger charge is 2.28. The molecule has 1 aliphatic carbocycles. The summed E-state index contributed by atoms with van der Waals surface area (Å²) >= 11 is 0. The zero-order chi connectivity index (χ0) is 18.4. The molecule has 1 atom stereocenters. The molecule has 1 saturated carbocycles. The number of carbonyl (C=O) groups is 1. The molecular weight excluding hydrogens is 324 g/mol. The third kappa shape index (κ3) is 2.98. The van der Waals surface area contributed by atoms with Crippen molar-refractivity contribution in [1.82, 2.24) is 20.1 Å². The third-order valence-corrected chi connectivity index (χ3v) is 5.15. The number of nitrogens with zero attached hydrogens (tertiary/aromatic N) is 3. The van der Waals surface area contributed by atoms with Crippen LogP contribution in [0.15, 0.2) is 30.3 Å². The van der Waals surface area contributed by atoms with E-state index in [-0.39, 0.29) is 11.9 Å². The molecule has 5 heteroatoms. The van der Waals surface area contributed by atoms with E-state index in [1.807, 2.05) is 27.0 Å². The lowest BCUT2D eigenvalue weighted by atomic mass is 10.0. The molecule has 1 unspecified atom stereocenters. The van der Waals surface area contributed by atoms with Crippen molar-refractivity contribution in [2.75, 3.05) is 0 Å². The van der Waals surface area contributed by atoms with Crippen molar-refractivity contribution >= 4 is 16.9 Å². The maximum absolute atomic E-state index is 13.1. The van der Waals surface area contributed by atoms with Crippen LogP contribution < -0.4 is 5.32 Å². The summed E-state index contributed by atoms with van der Waals surface area (Å²) < 4.78 is 1.77. The maximum atomic E-state index is 13.1. The average molecular weight is 348 g/mol. The Balaban J connectivity index is 1.70. The molecule has 3 aromatic rings. The highest BCUT2D eigenvalue weighted by molar-refractivity contribution is 6.06. The molecule has 1 fully saturated rings. The first-order valence-electron chi connectivity index (χ1n) is 9.15. The van der Waals surface area contributed by atoms with Gasteiger partial charge in [0.05, 0.1) is 22.7 Å². The number of benzene rings is 1. The Kier molecular flexibility index (Phi) is 4.02. The van der Waals surface area contributed by atoms with Gasteiger partial charge in [0.15, 0.2) is 5.65 Å². The third-order valence-electron chi connectivity index (χ3n) is 5.15. The predicted molar refractivity (Wildman–Crippen MR) is 102 cm³/mol. The van der Waals surface area contributed by atoms with E-state index in [0.29, 0.717) is 11.5 Å². The molecular formula is C21H24N4O. The lowest BCUT2D eigenvalue weighted by Crippen LogP contribution is -2.27. The van der Waals surface area contributed by atoms with Crippen molar-refractivity contribution in [3.63, 3.8) is 0 Å². The fraction of sp³-hybridized carbons (Fsp3) is 0.381. The lowest BCUT2D eigenvalue weighted by Gasteiger charge is -2.16. The van der Waals surface area contributed by atoms with Gasteiger partial charge in [-0.05, 0) is 45.2 Å². The largest absolute Gasteiger partial charge is 0.345 e. The van der Waals surface area contributed by atoms with Crippen LogP contribution in [0.3, 0.4) is 0 Å². The number of pyridine rings is 1. The summed E-state index contributed by atoms with van der Waals surface area (Å²) in [6.07, 6.45) is 2.30. The van der Waals surface area contributed by atoms with E-state index in [1.165, 1.54) is 5.56 Å². The fourth-order valence-corrected chi connectivity index (χ4v) is 3.44. The van der Waals surface area contributed by atoms with Crippen LogP contribution in [0.5, 0.6) is 0 Å². The van der Waals surface area contributed by atoms with Crippen molar-refractivity contribution < 1.29 is 4.79 Å². The summed E-state index contributed by atoms with van der Waals surface area (Å²) in [7, 11) is 1.88. The Morgan fingerprint density at radius 3 is 2.58 bits per heavy atom.